The van der Waals surface area contributed by atoms with Gasteiger partial charge in [-0.15, -0.1) is 12.4 Å². The van der Waals surface area contributed by atoms with E-state index in [0.29, 0.717) is 19.6 Å². The Labute approximate surface area is 149 Å². The summed E-state index contributed by atoms with van der Waals surface area (Å²) in [7, 11) is 0. The van der Waals surface area contributed by atoms with Crippen molar-refractivity contribution in [3.8, 4) is 5.75 Å². The number of aryl methyl sites for hydroxylation is 3. The fourth-order valence-corrected chi connectivity index (χ4v) is 2.51. The number of rotatable bonds is 7. The molecule has 0 bridgehead atoms. The maximum absolute atomic E-state index is 12.1. The van der Waals surface area contributed by atoms with E-state index in [-0.39, 0.29) is 18.3 Å². The standard InChI is InChI=1S/C19H24N2O2.ClH/c1-14-11-15(2)13-16(12-14)3-8-19(22)21-17-4-6-18(7-5-17)23-10-9-20;/h4-7,11-13H,3,8-10,20H2,1-2H3,(H,21,22);1H. The molecule has 0 spiro atoms. The van der Waals surface area contributed by atoms with Gasteiger partial charge in [0.1, 0.15) is 12.4 Å². The lowest BCUT2D eigenvalue weighted by atomic mass is 10.0. The molecule has 0 heterocycles. The van der Waals surface area contributed by atoms with Crippen molar-refractivity contribution in [3.05, 3.63) is 59.2 Å². The minimum absolute atomic E-state index is 0. The largest absolute Gasteiger partial charge is 0.492 e. The van der Waals surface area contributed by atoms with E-state index in [1.54, 1.807) is 0 Å². The van der Waals surface area contributed by atoms with Gasteiger partial charge in [0.25, 0.3) is 0 Å². The lowest BCUT2D eigenvalue weighted by Gasteiger charge is -2.08. The zero-order valence-electron chi connectivity index (χ0n) is 14.2. The molecule has 0 saturated heterocycles. The van der Waals surface area contributed by atoms with Crippen molar-refractivity contribution >= 4 is 24.0 Å². The molecule has 2 aromatic rings. The molecule has 130 valence electrons. The first-order valence-electron chi connectivity index (χ1n) is 7.87. The molecule has 3 N–H and O–H groups in total. The maximum atomic E-state index is 12.1. The van der Waals surface area contributed by atoms with Crippen LogP contribution < -0.4 is 15.8 Å². The quantitative estimate of drug-likeness (QED) is 0.803. The molecule has 0 saturated carbocycles. The molecule has 4 nitrogen and oxygen atoms in total. The predicted molar refractivity (Wildman–Crippen MR) is 101 cm³/mol. The third kappa shape index (κ3) is 6.60. The Hall–Kier alpha value is -2.04. The average Bonchev–Trinajstić information content (AvgIpc) is 2.51. The van der Waals surface area contributed by atoms with E-state index >= 15 is 0 Å². The number of anilines is 1. The van der Waals surface area contributed by atoms with Gasteiger partial charge in [-0.25, -0.2) is 0 Å². The van der Waals surface area contributed by atoms with Crippen LogP contribution in [0.2, 0.25) is 0 Å². The number of hydrogen-bond donors (Lipinski definition) is 2. The van der Waals surface area contributed by atoms with Crippen LogP contribution in [0.4, 0.5) is 5.69 Å². The van der Waals surface area contributed by atoms with Gasteiger partial charge in [0.2, 0.25) is 5.91 Å². The van der Waals surface area contributed by atoms with Crippen molar-refractivity contribution in [1.82, 2.24) is 0 Å². The highest BCUT2D eigenvalue weighted by molar-refractivity contribution is 5.90. The Morgan fingerprint density at radius 3 is 2.29 bits per heavy atom. The van der Waals surface area contributed by atoms with Gasteiger partial charge in [0, 0.05) is 18.7 Å². The molecular weight excluding hydrogens is 324 g/mol. The maximum Gasteiger partial charge on any atom is 0.224 e. The molecule has 0 aliphatic rings. The van der Waals surface area contributed by atoms with Crippen molar-refractivity contribution in [2.45, 2.75) is 26.7 Å². The molecule has 0 radical (unpaired) electrons. The number of carbonyl (C=O) groups excluding carboxylic acids is 1. The summed E-state index contributed by atoms with van der Waals surface area (Å²) in [4.78, 5) is 12.1. The first-order chi connectivity index (χ1) is 11.1. The minimum Gasteiger partial charge on any atom is -0.492 e. The van der Waals surface area contributed by atoms with Gasteiger partial charge in [-0.3, -0.25) is 4.79 Å². The molecule has 0 unspecified atom stereocenters. The number of hydrogen-bond acceptors (Lipinski definition) is 3. The SMILES string of the molecule is Cc1cc(C)cc(CCC(=O)Nc2ccc(OCCN)cc2)c1.Cl. The summed E-state index contributed by atoms with van der Waals surface area (Å²) in [5, 5.41) is 2.91. The van der Waals surface area contributed by atoms with Gasteiger partial charge in [-0.2, -0.15) is 0 Å². The first kappa shape index (κ1) is 20.0. The van der Waals surface area contributed by atoms with Crippen molar-refractivity contribution in [3.63, 3.8) is 0 Å². The zero-order valence-corrected chi connectivity index (χ0v) is 15.0. The highest BCUT2D eigenvalue weighted by Crippen LogP contribution is 2.16. The molecule has 2 rings (SSSR count). The van der Waals surface area contributed by atoms with Gasteiger partial charge in [-0.05, 0) is 50.1 Å². The molecule has 0 aliphatic heterocycles. The summed E-state index contributed by atoms with van der Waals surface area (Å²) in [5.41, 5.74) is 9.82. The Balaban J connectivity index is 0.00000288. The fraction of sp³-hybridized carbons (Fsp3) is 0.316. The van der Waals surface area contributed by atoms with Crippen LogP contribution in [0.1, 0.15) is 23.1 Å². The Morgan fingerprint density at radius 2 is 1.71 bits per heavy atom. The van der Waals surface area contributed by atoms with E-state index < -0.39 is 0 Å². The second-order valence-corrected chi connectivity index (χ2v) is 5.71. The Bertz CT molecular complexity index is 637. The molecule has 0 atom stereocenters. The lowest BCUT2D eigenvalue weighted by molar-refractivity contribution is -0.116. The monoisotopic (exact) mass is 348 g/mol. The van der Waals surface area contributed by atoms with Crippen LogP contribution in [0, 0.1) is 13.8 Å². The molecule has 0 aliphatic carbocycles. The molecule has 1 amide bonds. The smallest absolute Gasteiger partial charge is 0.224 e. The van der Waals surface area contributed by atoms with Gasteiger partial charge in [0.15, 0.2) is 0 Å². The summed E-state index contributed by atoms with van der Waals surface area (Å²) in [6.07, 6.45) is 1.21. The summed E-state index contributed by atoms with van der Waals surface area (Å²) in [6.45, 7) is 5.12. The van der Waals surface area contributed by atoms with Crippen LogP contribution in [0.3, 0.4) is 0 Å². The molecular formula is C19H25ClN2O2. The highest BCUT2D eigenvalue weighted by atomic mass is 35.5. The van der Waals surface area contributed by atoms with Gasteiger partial charge < -0.3 is 15.8 Å². The molecule has 24 heavy (non-hydrogen) atoms. The minimum atomic E-state index is 0. The number of amides is 1. The third-order valence-electron chi connectivity index (χ3n) is 3.45. The fourth-order valence-electron chi connectivity index (χ4n) is 2.51. The summed E-state index contributed by atoms with van der Waals surface area (Å²) < 4.78 is 5.41. The first-order valence-corrected chi connectivity index (χ1v) is 7.87. The van der Waals surface area contributed by atoms with Gasteiger partial charge in [0.05, 0.1) is 0 Å². The summed E-state index contributed by atoms with van der Waals surface area (Å²) >= 11 is 0. The van der Waals surface area contributed by atoms with Crippen LogP contribution in [0.15, 0.2) is 42.5 Å². The van der Waals surface area contributed by atoms with E-state index in [1.165, 1.54) is 16.7 Å². The summed E-state index contributed by atoms with van der Waals surface area (Å²) in [6, 6.07) is 13.7. The zero-order chi connectivity index (χ0) is 16.7. The number of halogens is 1. The van der Waals surface area contributed by atoms with E-state index in [4.69, 9.17) is 10.5 Å². The highest BCUT2D eigenvalue weighted by Gasteiger charge is 2.04. The molecule has 5 heteroatoms. The number of nitrogens with two attached hydrogens (primary N) is 1. The third-order valence-corrected chi connectivity index (χ3v) is 3.45. The van der Waals surface area contributed by atoms with Crippen molar-refractivity contribution in [1.29, 1.82) is 0 Å². The van der Waals surface area contributed by atoms with Gasteiger partial charge >= 0.3 is 0 Å². The normalized spacial score (nSPS) is 9.96. The molecule has 0 aromatic heterocycles. The van der Waals surface area contributed by atoms with E-state index in [0.717, 1.165) is 17.9 Å². The van der Waals surface area contributed by atoms with Crippen molar-refractivity contribution in [2.24, 2.45) is 5.73 Å². The number of carbonyl (C=O) groups is 1. The predicted octanol–water partition coefficient (Wildman–Crippen LogP) is 3.63. The van der Waals surface area contributed by atoms with Crippen LogP contribution in [-0.4, -0.2) is 19.1 Å². The molecule has 2 aromatic carbocycles. The van der Waals surface area contributed by atoms with E-state index in [1.807, 2.05) is 24.3 Å². The average molecular weight is 349 g/mol. The number of benzene rings is 2. The second-order valence-electron chi connectivity index (χ2n) is 5.71. The van der Waals surface area contributed by atoms with Gasteiger partial charge in [-0.1, -0.05) is 29.3 Å². The van der Waals surface area contributed by atoms with Crippen molar-refractivity contribution < 1.29 is 9.53 Å². The van der Waals surface area contributed by atoms with E-state index in [9.17, 15) is 4.79 Å². The number of nitrogens with one attached hydrogen (secondary N) is 1. The summed E-state index contributed by atoms with van der Waals surface area (Å²) in [5.74, 6) is 0.767. The van der Waals surface area contributed by atoms with E-state index in [2.05, 4.69) is 37.4 Å². The topological polar surface area (TPSA) is 64.3 Å². The second kappa shape index (κ2) is 9.96. The Kier molecular flexibility index (Phi) is 8.30. The van der Waals surface area contributed by atoms with Crippen LogP contribution in [-0.2, 0) is 11.2 Å². The van der Waals surface area contributed by atoms with Crippen LogP contribution in [0.25, 0.3) is 0 Å². The lowest BCUT2D eigenvalue weighted by Crippen LogP contribution is -2.13. The Morgan fingerprint density at radius 1 is 1.08 bits per heavy atom. The van der Waals surface area contributed by atoms with Crippen LogP contribution in [0.5, 0.6) is 5.75 Å². The number of ether oxygens (including phenoxy) is 1. The van der Waals surface area contributed by atoms with Crippen molar-refractivity contribution in [2.75, 3.05) is 18.5 Å². The van der Waals surface area contributed by atoms with Crippen LogP contribution >= 0.6 is 12.4 Å². The molecule has 0 fully saturated rings.